The molecule has 0 aromatic carbocycles. The van der Waals surface area contributed by atoms with Crippen LogP contribution in [0.3, 0.4) is 0 Å². The molecule has 4 heteroatoms. The van der Waals surface area contributed by atoms with Gasteiger partial charge in [-0.15, -0.1) is 11.6 Å². The Bertz CT molecular complexity index is 238. The van der Waals surface area contributed by atoms with Gasteiger partial charge >= 0.3 is 0 Å². The molecular weight excluding hydrogens is 186 g/mol. The van der Waals surface area contributed by atoms with Crippen molar-refractivity contribution >= 4 is 17.4 Å². The lowest BCUT2D eigenvalue weighted by Gasteiger charge is -2.19. The Morgan fingerprint density at radius 1 is 1.62 bits per heavy atom. The normalized spacial score (nSPS) is 15.0. The van der Waals surface area contributed by atoms with Crippen LogP contribution >= 0.6 is 11.6 Å². The Morgan fingerprint density at radius 2 is 2.38 bits per heavy atom. The van der Waals surface area contributed by atoms with Gasteiger partial charge in [-0.25, -0.2) is 9.97 Å². The molecule has 0 saturated heterocycles. The molecule has 3 nitrogen and oxygen atoms in total. The third-order valence-corrected chi connectivity index (χ3v) is 2.21. The zero-order chi connectivity index (χ0) is 9.68. The molecule has 2 atom stereocenters. The summed E-state index contributed by atoms with van der Waals surface area (Å²) in [6.45, 7) is 4.07. The van der Waals surface area contributed by atoms with E-state index >= 15 is 0 Å². The molecule has 2 unspecified atom stereocenters. The van der Waals surface area contributed by atoms with Gasteiger partial charge in [0.2, 0.25) is 0 Å². The summed E-state index contributed by atoms with van der Waals surface area (Å²) in [6.07, 6.45) is 4.21. The molecule has 0 radical (unpaired) electrons. The molecule has 1 aromatic rings. The van der Waals surface area contributed by atoms with Crippen LogP contribution in [0.5, 0.6) is 0 Å². The van der Waals surface area contributed by atoms with E-state index in [1.165, 1.54) is 6.33 Å². The minimum absolute atomic E-state index is 0.0972. The van der Waals surface area contributed by atoms with Gasteiger partial charge < -0.3 is 5.32 Å². The lowest BCUT2D eigenvalue weighted by molar-refractivity contribution is 0.675. The molecule has 1 heterocycles. The van der Waals surface area contributed by atoms with E-state index in [0.717, 1.165) is 12.2 Å². The number of anilines is 1. The lowest BCUT2D eigenvalue weighted by Crippen LogP contribution is -2.27. The van der Waals surface area contributed by atoms with Crippen molar-refractivity contribution < 1.29 is 0 Å². The van der Waals surface area contributed by atoms with Gasteiger partial charge in [-0.2, -0.15) is 0 Å². The van der Waals surface area contributed by atoms with Crippen molar-refractivity contribution in [3.05, 3.63) is 18.6 Å². The molecule has 0 aliphatic rings. The number of halogens is 1. The van der Waals surface area contributed by atoms with Crippen molar-refractivity contribution in [1.29, 1.82) is 0 Å². The van der Waals surface area contributed by atoms with Gasteiger partial charge in [0.15, 0.2) is 0 Å². The molecule has 1 aromatic heterocycles. The summed E-state index contributed by atoms with van der Waals surface area (Å²) in [4.78, 5) is 7.91. The number of hydrogen-bond donors (Lipinski definition) is 1. The zero-order valence-electron chi connectivity index (χ0n) is 7.87. The monoisotopic (exact) mass is 199 g/mol. The maximum absolute atomic E-state index is 5.99. The van der Waals surface area contributed by atoms with E-state index in [2.05, 4.69) is 22.2 Å². The summed E-state index contributed by atoms with van der Waals surface area (Å²) in [6, 6.07) is 2.10. The van der Waals surface area contributed by atoms with Crippen LogP contribution in [0.4, 0.5) is 5.82 Å². The highest BCUT2D eigenvalue weighted by Gasteiger charge is 2.12. The lowest BCUT2D eigenvalue weighted by atomic mass is 10.1. The fraction of sp³-hybridized carbons (Fsp3) is 0.556. The largest absolute Gasteiger partial charge is 0.366 e. The average Bonchev–Trinajstić information content (AvgIpc) is 2.15. The standard InChI is InChI=1S/C9H14ClN3/c1-3-8(7(2)10)13-9-4-5-11-6-12-9/h4-8H,3H2,1-2H3,(H,11,12,13). The number of alkyl halides is 1. The van der Waals surface area contributed by atoms with Crippen molar-refractivity contribution in [3.8, 4) is 0 Å². The highest BCUT2D eigenvalue weighted by atomic mass is 35.5. The molecule has 0 aliphatic carbocycles. The van der Waals surface area contributed by atoms with Crippen LogP contribution < -0.4 is 5.32 Å². The maximum atomic E-state index is 5.99. The second-order valence-corrected chi connectivity index (χ2v) is 3.62. The molecular formula is C9H14ClN3. The predicted molar refractivity (Wildman–Crippen MR) is 55.0 cm³/mol. The third kappa shape index (κ3) is 3.19. The quantitative estimate of drug-likeness (QED) is 0.757. The highest BCUT2D eigenvalue weighted by molar-refractivity contribution is 6.21. The highest BCUT2D eigenvalue weighted by Crippen LogP contribution is 2.11. The van der Waals surface area contributed by atoms with Crippen LogP contribution in [0.15, 0.2) is 18.6 Å². The van der Waals surface area contributed by atoms with Crippen LogP contribution in [0.2, 0.25) is 0 Å². The van der Waals surface area contributed by atoms with E-state index in [4.69, 9.17) is 11.6 Å². The van der Waals surface area contributed by atoms with Crippen molar-refractivity contribution in [1.82, 2.24) is 9.97 Å². The minimum Gasteiger partial charge on any atom is -0.366 e. The van der Waals surface area contributed by atoms with Crippen LogP contribution in [-0.2, 0) is 0 Å². The van der Waals surface area contributed by atoms with E-state index in [1.54, 1.807) is 6.20 Å². The van der Waals surface area contributed by atoms with Gasteiger partial charge in [0.25, 0.3) is 0 Å². The first-order valence-electron chi connectivity index (χ1n) is 4.40. The molecule has 0 bridgehead atoms. The number of aromatic nitrogens is 2. The van der Waals surface area contributed by atoms with Gasteiger partial charge in [0, 0.05) is 12.2 Å². The summed E-state index contributed by atoms with van der Waals surface area (Å²) >= 11 is 5.99. The molecule has 1 rings (SSSR count). The second kappa shape index (κ2) is 5.02. The number of hydrogen-bond acceptors (Lipinski definition) is 3. The van der Waals surface area contributed by atoms with Gasteiger partial charge in [-0.1, -0.05) is 6.92 Å². The summed E-state index contributed by atoms with van der Waals surface area (Å²) < 4.78 is 0. The maximum Gasteiger partial charge on any atom is 0.129 e. The SMILES string of the molecule is CCC(Nc1ccncn1)C(C)Cl. The van der Waals surface area contributed by atoms with Crippen LogP contribution in [0.25, 0.3) is 0 Å². The van der Waals surface area contributed by atoms with Crippen molar-refractivity contribution in [2.75, 3.05) is 5.32 Å². The first kappa shape index (κ1) is 10.3. The Kier molecular flexibility index (Phi) is 3.96. The van der Waals surface area contributed by atoms with Crippen molar-refractivity contribution in [2.45, 2.75) is 31.7 Å². The first-order valence-corrected chi connectivity index (χ1v) is 4.84. The first-order chi connectivity index (χ1) is 6.24. The Labute approximate surface area is 83.5 Å². The third-order valence-electron chi connectivity index (χ3n) is 1.91. The Hall–Kier alpha value is -0.830. The van der Waals surface area contributed by atoms with E-state index in [9.17, 15) is 0 Å². The Morgan fingerprint density at radius 3 is 2.85 bits per heavy atom. The second-order valence-electron chi connectivity index (χ2n) is 2.93. The fourth-order valence-electron chi connectivity index (χ4n) is 1.11. The summed E-state index contributed by atoms with van der Waals surface area (Å²) in [7, 11) is 0. The van der Waals surface area contributed by atoms with Crippen LogP contribution in [-0.4, -0.2) is 21.4 Å². The summed E-state index contributed by atoms with van der Waals surface area (Å²) in [5.74, 6) is 0.828. The van der Waals surface area contributed by atoms with E-state index < -0.39 is 0 Å². The molecule has 0 fully saturated rings. The molecule has 0 amide bonds. The molecule has 0 saturated carbocycles. The minimum atomic E-state index is 0.0972. The number of nitrogens with zero attached hydrogens (tertiary/aromatic N) is 2. The number of rotatable bonds is 4. The average molecular weight is 200 g/mol. The van der Waals surface area contributed by atoms with Crippen molar-refractivity contribution in [3.63, 3.8) is 0 Å². The Balaban J connectivity index is 2.57. The van der Waals surface area contributed by atoms with Crippen molar-refractivity contribution in [2.24, 2.45) is 0 Å². The van der Waals surface area contributed by atoms with Gasteiger partial charge in [-0.3, -0.25) is 0 Å². The summed E-state index contributed by atoms with van der Waals surface area (Å²) in [5.41, 5.74) is 0. The van der Waals surface area contributed by atoms with E-state index in [0.29, 0.717) is 0 Å². The molecule has 13 heavy (non-hydrogen) atoms. The topological polar surface area (TPSA) is 37.8 Å². The zero-order valence-corrected chi connectivity index (χ0v) is 8.62. The van der Waals surface area contributed by atoms with Crippen LogP contribution in [0, 0.1) is 0 Å². The molecule has 0 spiro atoms. The van der Waals surface area contributed by atoms with Gasteiger partial charge in [0.05, 0.1) is 5.38 Å². The smallest absolute Gasteiger partial charge is 0.129 e. The summed E-state index contributed by atoms with van der Waals surface area (Å²) in [5, 5.41) is 3.34. The number of nitrogens with one attached hydrogen (secondary N) is 1. The van der Waals surface area contributed by atoms with Gasteiger partial charge in [-0.05, 0) is 19.4 Å². The molecule has 72 valence electrons. The predicted octanol–water partition coefficient (Wildman–Crippen LogP) is 2.29. The fourth-order valence-corrected chi connectivity index (χ4v) is 1.35. The molecule has 1 N–H and O–H groups in total. The van der Waals surface area contributed by atoms with Crippen LogP contribution in [0.1, 0.15) is 20.3 Å². The van der Waals surface area contributed by atoms with E-state index in [-0.39, 0.29) is 11.4 Å². The van der Waals surface area contributed by atoms with E-state index in [1.807, 2.05) is 13.0 Å². The molecule has 0 aliphatic heterocycles. The van der Waals surface area contributed by atoms with Gasteiger partial charge in [0.1, 0.15) is 12.1 Å².